The Bertz CT molecular complexity index is 748. The first-order valence-corrected chi connectivity index (χ1v) is 10.3. The maximum Gasteiger partial charge on any atom is 0.252 e. The van der Waals surface area contributed by atoms with E-state index in [0.29, 0.717) is 48.7 Å². The van der Waals surface area contributed by atoms with Crippen molar-refractivity contribution < 1.29 is 12.9 Å². The molecular formula is C15H22N4O3S2. The minimum absolute atomic E-state index is 0.408. The van der Waals surface area contributed by atoms with Gasteiger partial charge in [-0.15, -0.1) is 11.3 Å². The molecule has 1 aliphatic heterocycles. The maximum atomic E-state index is 12.5. The lowest BCUT2D eigenvalue weighted by Crippen LogP contribution is -2.48. The lowest BCUT2D eigenvalue weighted by molar-refractivity contribution is 0.163. The third kappa shape index (κ3) is 4.02. The highest BCUT2D eigenvalue weighted by molar-refractivity contribution is 7.91. The second kappa shape index (κ2) is 7.30. The molecule has 0 N–H and O–H groups in total. The first-order chi connectivity index (χ1) is 11.4. The fourth-order valence-corrected chi connectivity index (χ4v) is 5.23. The van der Waals surface area contributed by atoms with Crippen LogP contribution in [0, 0.1) is 5.92 Å². The molecule has 0 aliphatic carbocycles. The molecule has 7 nitrogen and oxygen atoms in total. The summed E-state index contributed by atoms with van der Waals surface area (Å²) >= 11 is 1.26. The van der Waals surface area contributed by atoms with Gasteiger partial charge in [-0.25, -0.2) is 8.42 Å². The molecule has 2 aromatic heterocycles. The fraction of sp³-hybridized carbons (Fsp3) is 0.600. The van der Waals surface area contributed by atoms with Gasteiger partial charge in [0.25, 0.3) is 10.0 Å². The van der Waals surface area contributed by atoms with Crippen LogP contribution in [-0.4, -0.2) is 53.9 Å². The van der Waals surface area contributed by atoms with E-state index in [0.717, 1.165) is 12.2 Å². The summed E-state index contributed by atoms with van der Waals surface area (Å²) < 4.78 is 32.2. The van der Waals surface area contributed by atoms with Crippen molar-refractivity contribution in [3.8, 4) is 0 Å². The van der Waals surface area contributed by atoms with E-state index < -0.39 is 10.0 Å². The molecule has 1 fully saturated rings. The third-order valence-corrected chi connectivity index (χ3v) is 7.15. The standard InChI is InChI=1S/C15H22N4O3S2/c1-12(2)10-13-16-14(22-17-13)11-18-5-7-19(8-6-18)24(20,21)15-4-3-9-23-15/h3-4,9,12H,5-8,10-11H2,1-2H3. The van der Waals surface area contributed by atoms with Crippen molar-refractivity contribution >= 4 is 21.4 Å². The van der Waals surface area contributed by atoms with Gasteiger partial charge in [0, 0.05) is 32.6 Å². The highest BCUT2D eigenvalue weighted by atomic mass is 32.2. The van der Waals surface area contributed by atoms with E-state index >= 15 is 0 Å². The molecule has 132 valence electrons. The summed E-state index contributed by atoms with van der Waals surface area (Å²) in [4.78, 5) is 6.55. The minimum atomic E-state index is -3.35. The first-order valence-electron chi connectivity index (χ1n) is 8.02. The van der Waals surface area contributed by atoms with Gasteiger partial charge in [0.1, 0.15) is 4.21 Å². The van der Waals surface area contributed by atoms with E-state index in [9.17, 15) is 8.42 Å². The molecule has 0 radical (unpaired) electrons. The van der Waals surface area contributed by atoms with Crippen molar-refractivity contribution in [1.29, 1.82) is 0 Å². The van der Waals surface area contributed by atoms with Crippen molar-refractivity contribution in [2.24, 2.45) is 5.92 Å². The predicted octanol–water partition coefficient (Wildman–Crippen LogP) is 1.84. The Labute approximate surface area is 146 Å². The molecule has 0 aromatic carbocycles. The average molecular weight is 371 g/mol. The van der Waals surface area contributed by atoms with E-state index in [1.54, 1.807) is 21.8 Å². The number of thiophene rings is 1. The van der Waals surface area contributed by atoms with E-state index in [-0.39, 0.29) is 0 Å². The van der Waals surface area contributed by atoms with Crippen LogP contribution in [-0.2, 0) is 23.0 Å². The zero-order valence-corrected chi connectivity index (χ0v) is 15.5. The van der Waals surface area contributed by atoms with E-state index in [1.165, 1.54) is 11.3 Å². The Morgan fingerprint density at radius 2 is 2.04 bits per heavy atom. The van der Waals surface area contributed by atoms with Crippen LogP contribution in [0.1, 0.15) is 25.6 Å². The number of rotatable bonds is 6. The lowest BCUT2D eigenvalue weighted by Gasteiger charge is -2.32. The van der Waals surface area contributed by atoms with Crippen molar-refractivity contribution in [1.82, 2.24) is 19.3 Å². The molecule has 0 unspecified atom stereocenters. The zero-order valence-electron chi connectivity index (χ0n) is 13.9. The second-order valence-electron chi connectivity index (χ2n) is 6.31. The number of hydrogen-bond acceptors (Lipinski definition) is 7. The molecule has 0 atom stereocenters. The number of hydrogen-bond donors (Lipinski definition) is 0. The third-order valence-electron chi connectivity index (χ3n) is 3.88. The summed E-state index contributed by atoms with van der Waals surface area (Å²) in [6, 6.07) is 3.42. The Morgan fingerprint density at radius 1 is 1.29 bits per heavy atom. The van der Waals surface area contributed by atoms with Crippen LogP contribution in [0.25, 0.3) is 0 Å². The summed E-state index contributed by atoms with van der Waals surface area (Å²) in [5.74, 6) is 1.82. The molecule has 0 bridgehead atoms. The monoisotopic (exact) mass is 370 g/mol. The van der Waals surface area contributed by atoms with Gasteiger partial charge < -0.3 is 4.52 Å². The second-order valence-corrected chi connectivity index (χ2v) is 9.43. The number of nitrogens with zero attached hydrogens (tertiary/aromatic N) is 4. The highest BCUT2D eigenvalue weighted by Gasteiger charge is 2.29. The summed E-state index contributed by atoms with van der Waals surface area (Å²) in [6.45, 7) is 7.07. The number of aromatic nitrogens is 2. The minimum Gasteiger partial charge on any atom is -0.338 e. The van der Waals surface area contributed by atoms with Gasteiger partial charge in [0.15, 0.2) is 5.82 Å². The zero-order chi connectivity index (χ0) is 17.2. The molecule has 0 spiro atoms. The fourth-order valence-electron chi connectivity index (χ4n) is 2.66. The van der Waals surface area contributed by atoms with Gasteiger partial charge in [-0.1, -0.05) is 25.1 Å². The molecule has 9 heteroatoms. The molecule has 3 rings (SSSR count). The van der Waals surface area contributed by atoms with Gasteiger partial charge in [-0.2, -0.15) is 9.29 Å². The van der Waals surface area contributed by atoms with Crippen LogP contribution >= 0.6 is 11.3 Å². The van der Waals surface area contributed by atoms with Crippen LogP contribution < -0.4 is 0 Å². The van der Waals surface area contributed by atoms with Crippen LogP contribution in [0.15, 0.2) is 26.2 Å². The van der Waals surface area contributed by atoms with Crippen LogP contribution in [0.4, 0.5) is 0 Å². The van der Waals surface area contributed by atoms with Crippen LogP contribution in [0.2, 0.25) is 0 Å². The first kappa shape index (κ1) is 17.5. The SMILES string of the molecule is CC(C)Cc1noc(CN2CCN(S(=O)(=O)c3cccs3)CC2)n1. The van der Waals surface area contributed by atoms with Gasteiger partial charge in [-0.3, -0.25) is 4.90 Å². The Kier molecular flexibility index (Phi) is 5.33. The van der Waals surface area contributed by atoms with E-state index in [1.807, 2.05) is 0 Å². The molecule has 2 aromatic rings. The van der Waals surface area contributed by atoms with Gasteiger partial charge in [-0.05, 0) is 17.4 Å². The summed E-state index contributed by atoms with van der Waals surface area (Å²) in [5, 5.41) is 5.78. The van der Waals surface area contributed by atoms with Crippen LogP contribution in [0.5, 0.6) is 0 Å². The Hall–Kier alpha value is -1.29. The van der Waals surface area contributed by atoms with E-state index in [4.69, 9.17) is 4.52 Å². The lowest BCUT2D eigenvalue weighted by atomic mass is 10.1. The van der Waals surface area contributed by atoms with Gasteiger partial charge in [0.2, 0.25) is 5.89 Å². The topological polar surface area (TPSA) is 79.5 Å². The summed E-state index contributed by atoms with van der Waals surface area (Å²) in [7, 11) is -3.35. The largest absolute Gasteiger partial charge is 0.338 e. The quantitative estimate of drug-likeness (QED) is 0.772. The number of sulfonamides is 1. The molecular weight excluding hydrogens is 348 g/mol. The normalized spacial score (nSPS) is 17.6. The highest BCUT2D eigenvalue weighted by Crippen LogP contribution is 2.22. The summed E-state index contributed by atoms with van der Waals surface area (Å²) in [5.41, 5.74) is 0. The van der Waals surface area contributed by atoms with Crippen molar-refractivity contribution in [3.63, 3.8) is 0 Å². The smallest absolute Gasteiger partial charge is 0.252 e. The molecule has 24 heavy (non-hydrogen) atoms. The molecule has 0 saturated carbocycles. The van der Waals surface area contributed by atoms with Crippen molar-refractivity contribution in [2.75, 3.05) is 26.2 Å². The molecule has 0 amide bonds. The average Bonchev–Trinajstić information content (AvgIpc) is 3.19. The predicted molar refractivity (Wildman–Crippen MR) is 91.2 cm³/mol. The van der Waals surface area contributed by atoms with E-state index in [2.05, 4.69) is 28.9 Å². The van der Waals surface area contributed by atoms with Crippen molar-refractivity contribution in [2.45, 2.75) is 31.0 Å². The van der Waals surface area contributed by atoms with Gasteiger partial charge >= 0.3 is 0 Å². The van der Waals surface area contributed by atoms with Gasteiger partial charge in [0.05, 0.1) is 6.54 Å². The molecule has 1 saturated heterocycles. The molecule has 1 aliphatic rings. The van der Waals surface area contributed by atoms with Crippen molar-refractivity contribution in [3.05, 3.63) is 29.2 Å². The Morgan fingerprint density at radius 3 is 2.67 bits per heavy atom. The summed E-state index contributed by atoms with van der Waals surface area (Å²) in [6.07, 6.45) is 0.802. The molecule has 3 heterocycles. The maximum absolute atomic E-state index is 12.5. The Balaban J connectivity index is 1.55. The number of piperazine rings is 1. The van der Waals surface area contributed by atoms with Crippen LogP contribution in [0.3, 0.4) is 0 Å².